The molecule has 0 bridgehead atoms. The molecule has 2 rings (SSSR count). The van der Waals surface area contributed by atoms with E-state index in [-0.39, 0.29) is 11.8 Å². The van der Waals surface area contributed by atoms with E-state index in [0.717, 1.165) is 12.5 Å². The number of carbonyl (C=O) groups excluding carboxylic acids is 1. The summed E-state index contributed by atoms with van der Waals surface area (Å²) in [6, 6.07) is 2.96. The number of carbonyl (C=O) groups is 1. The van der Waals surface area contributed by atoms with Crippen LogP contribution in [0.15, 0.2) is 18.2 Å². The van der Waals surface area contributed by atoms with Gasteiger partial charge in [0.1, 0.15) is 11.6 Å². The fraction of sp³-hybridized carbons (Fsp3) is 0.462. The maximum atomic E-state index is 13.5. The zero-order valence-corrected chi connectivity index (χ0v) is 9.84. The lowest BCUT2D eigenvalue weighted by Crippen LogP contribution is -2.29. The van der Waals surface area contributed by atoms with E-state index in [1.807, 2.05) is 6.92 Å². The van der Waals surface area contributed by atoms with Crippen LogP contribution in [0.3, 0.4) is 0 Å². The minimum atomic E-state index is -0.623. The minimum Gasteiger partial charge on any atom is -0.349 e. The highest BCUT2D eigenvalue weighted by molar-refractivity contribution is 5.81. The van der Waals surface area contributed by atoms with Gasteiger partial charge in [-0.1, -0.05) is 13.0 Å². The zero-order chi connectivity index (χ0) is 12.6. The molecule has 0 heterocycles. The lowest BCUT2D eigenvalue weighted by molar-refractivity contribution is -0.123. The van der Waals surface area contributed by atoms with E-state index in [2.05, 4.69) is 5.32 Å². The van der Waals surface area contributed by atoms with Crippen LogP contribution in [-0.2, 0) is 4.79 Å². The molecule has 17 heavy (non-hydrogen) atoms. The van der Waals surface area contributed by atoms with Crippen LogP contribution in [0.1, 0.15) is 31.9 Å². The van der Waals surface area contributed by atoms with Gasteiger partial charge in [0.15, 0.2) is 0 Å². The molecular weight excluding hydrogens is 224 g/mol. The molecular formula is C13H15F2NO. The van der Waals surface area contributed by atoms with Crippen molar-refractivity contribution in [3.8, 4) is 0 Å². The average molecular weight is 239 g/mol. The second-order valence-corrected chi connectivity index (χ2v) is 4.72. The van der Waals surface area contributed by atoms with E-state index in [1.54, 1.807) is 6.92 Å². The molecule has 3 unspecified atom stereocenters. The third kappa shape index (κ3) is 2.62. The van der Waals surface area contributed by atoms with Crippen molar-refractivity contribution in [1.29, 1.82) is 0 Å². The van der Waals surface area contributed by atoms with Crippen molar-refractivity contribution < 1.29 is 13.6 Å². The maximum Gasteiger partial charge on any atom is 0.223 e. The lowest BCUT2D eigenvalue weighted by atomic mass is 10.1. The molecule has 1 aliphatic carbocycles. The Morgan fingerprint density at radius 3 is 2.65 bits per heavy atom. The molecule has 1 saturated carbocycles. The number of benzene rings is 1. The van der Waals surface area contributed by atoms with Gasteiger partial charge in [0.2, 0.25) is 5.91 Å². The molecule has 1 aromatic rings. The van der Waals surface area contributed by atoms with Crippen molar-refractivity contribution in [2.45, 2.75) is 26.3 Å². The standard InChI is InChI=1S/C13H15F2NO/c1-7-5-11(7)13(17)16-8(2)10-4-3-9(14)6-12(10)15/h3-4,6-8,11H,5H2,1-2H3,(H,16,17). The number of nitrogens with one attached hydrogen (secondary N) is 1. The third-order valence-corrected chi connectivity index (χ3v) is 3.23. The van der Waals surface area contributed by atoms with Crippen LogP contribution in [0, 0.1) is 23.5 Å². The summed E-state index contributed by atoms with van der Waals surface area (Å²) in [4.78, 5) is 11.7. The van der Waals surface area contributed by atoms with E-state index in [9.17, 15) is 13.6 Å². The van der Waals surface area contributed by atoms with Crippen LogP contribution in [0.4, 0.5) is 8.78 Å². The normalized spacial score (nSPS) is 24.2. The van der Waals surface area contributed by atoms with Crippen LogP contribution in [0.25, 0.3) is 0 Å². The molecule has 0 saturated heterocycles. The van der Waals surface area contributed by atoms with Gasteiger partial charge in [-0.05, 0) is 25.3 Å². The molecule has 1 N–H and O–H groups in total. The van der Waals surface area contributed by atoms with Gasteiger partial charge in [-0.3, -0.25) is 4.79 Å². The van der Waals surface area contributed by atoms with Crippen LogP contribution >= 0.6 is 0 Å². The van der Waals surface area contributed by atoms with Gasteiger partial charge < -0.3 is 5.32 Å². The van der Waals surface area contributed by atoms with Crippen LogP contribution in [0.2, 0.25) is 0 Å². The maximum absolute atomic E-state index is 13.5. The molecule has 0 aliphatic heterocycles. The van der Waals surface area contributed by atoms with Crippen molar-refractivity contribution >= 4 is 5.91 Å². The van der Waals surface area contributed by atoms with E-state index >= 15 is 0 Å². The molecule has 0 radical (unpaired) electrons. The Morgan fingerprint density at radius 1 is 1.47 bits per heavy atom. The number of hydrogen-bond acceptors (Lipinski definition) is 1. The summed E-state index contributed by atoms with van der Waals surface area (Å²) in [6.45, 7) is 3.70. The Labute approximate surface area is 99.0 Å². The molecule has 0 spiro atoms. The summed E-state index contributed by atoms with van der Waals surface area (Å²) >= 11 is 0. The molecule has 1 fully saturated rings. The van der Waals surface area contributed by atoms with Gasteiger partial charge in [-0.2, -0.15) is 0 Å². The number of rotatable bonds is 3. The van der Waals surface area contributed by atoms with Gasteiger partial charge in [0.05, 0.1) is 6.04 Å². The summed E-state index contributed by atoms with van der Waals surface area (Å²) in [5, 5.41) is 2.75. The number of hydrogen-bond donors (Lipinski definition) is 1. The van der Waals surface area contributed by atoms with E-state index in [4.69, 9.17) is 0 Å². The van der Waals surface area contributed by atoms with Crippen molar-refractivity contribution in [1.82, 2.24) is 5.32 Å². The third-order valence-electron chi connectivity index (χ3n) is 3.23. The van der Waals surface area contributed by atoms with Gasteiger partial charge in [0.25, 0.3) is 0 Å². The first-order valence-corrected chi connectivity index (χ1v) is 5.74. The first kappa shape index (κ1) is 12.0. The van der Waals surface area contributed by atoms with E-state index < -0.39 is 17.7 Å². The van der Waals surface area contributed by atoms with Crippen molar-refractivity contribution in [2.75, 3.05) is 0 Å². The molecule has 1 aromatic carbocycles. The van der Waals surface area contributed by atoms with Crippen molar-refractivity contribution in [3.05, 3.63) is 35.4 Å². The van der Waals surface area contributed by atoms with Gasteiger partial charge in [-0.15, -0.1) is 0 Å². The second-order valence-electron chi connectivity index (χ2n) is 4.72. The zero-order valence-electron chi connectivity index (χ0n) is 9.84. The highest BCUT2D eigenvalue weighted by atomic mass is 19.1. The van der Waals surface area contributed by atoms with Gasteiger partial charge in [-0.25, -0.2) is 8.78 Å². The predicted molar refractivity (Wildman–Crippen MR) is 60.2 cm³/mol. The lowest BCUT2D eigenvalue weighted by Gasteiger charge is -2.15. The Hall–Kier alpha value is -1.45. The molecule has 1 aliphatic rings. The molecule has 1 amide bonds. The van der Waals surface area contributed by atoms with Gasteiger partial charge in [0, 0.05) is 17.5 Å². The molecule has 2 nitrogen and oxygen atoms in total. The second kappa shape index (κ2) is 4.43. The van der Waals surface area contributed by atoms with E-state index in [0.29, 0.717) is 11.5 Å². The number of halogens is 2. The smallest absolute Gasteiger partial charge is 0.223 e. The molecule has 3 atom stereocenters. The average Bonchev–Trinajstić information content (AvgIpc) is 2.95. The summed E-state index contributed by atoms with van der Waals surface area (Å²) in [5.41, 5.74) is 0.313. The Bertz CT molecular complexity index is 447. The quantitative estimate of drug-likeness (QED) is 0.863. The number of amides is 1. The minimum absolute atomic E-state index is 0.0475. The Kier molecular flexibility index (Phi) is 3.13. The SMILES string of the molecule is CC(NC(=O)C1CC1C)c1ccc(F)cc1F. The van der Waals surface area contributed by atoms with Crippen LogP contribution in [0.5, 0.6) is 0 Å². The van der Waals surface area contributed by atoms with Gasteiger partial charge >= 0.3 is 0 Å². The monoisotopic (exact) mass is 239 g/mol. The summed E-state index contributed by atoms with van der Waals surface area (Å²) in [5.74, 6) is -0.808. The van der Waals surface area contributed by atoms with Crippen molar-refractivity contribution in [3.63, 3.8) is 0 Å². The van der Waals surface area contributed by atoms with E-state index in [1.165, 1.54) is 12.1 Å². The highest BCUT2D eigenvalue weighted by Crippen LogP contribution is 2.38. The largest absolute Gasteiger partial charge is 0.349 e. The summed E-state index contributed by atoms with van der Waals surface area (Å²) in [7, 11) is 0. The molecule has 0 aromatic heterocycles. The fourth-order valence-corrected chi connectivity index (χ4v) is 1.94. The Morgan fingerprint density at radius 2 is 2.12 bits per heavy atom. The van der Waals surface area contributed by atoms with Crippen LogP contribution in [-0.4, -0.2) is 5.91 Å². The molecule has 4 heteroatoms. The summed E-state index contributed by atoms with van der Waals surface area (Å²) in [6.07, 6.45) is 0.893. The predicted octanol–water partition coefficient (Wildman–Crippen LogP) is 2.80. The topological polar surface area (TPSA) is 29.1 Å². The first-order valence-electron chi connectivity index (χ1n) is 5.74. The molecule has 92 valence electrons. The fourth-order valence-electron chi connectivity index (χ4n) is 1.94. The van der Waals surface area contributed by atoms with Crippen molar-refractivity contribution in [2.24, 2.45) is 11.8 Å². The first-order chi connectivity index (χ1) is 7.99. The van der Waals surface area contributed by atoms with Crippen LogP contribution < -0.4 is 5.32 Å². The highest BCUT2D eigenvalue weighted by Gasteiger charge is 2.39. The Balaban J connectivity index is 2.04. The summed E-state index contributed by atoms with van der Waals surface area (Å²) < 4.78 is 26.2.